The zero-order valence-corrected chi connectivity index (χ0v) is 22.9. The van der Waals surface area contributed by atoms with Crippen LogP contribution in [-0.4, -0.2) is 67.3 Å². The monoisotopic (exact) mass is 574 g/mol. The van der Waals surface area contributed by atoms with Gasteiger partial charge in [0.15, 0.2) is 23.9 Å². The van der Waals surface area contributed by atoms with Crippen molar-refractivity contribution in [1.82, 2.24) is 0 Å². The summed E-state index contributed by atoms with van der Waals surface area (Å²) in [6.07, 6.45) is -0.534. The van der Waals surface area contributed by atoms with Crippen LogP contribution in [0.2, 0.25) is 5.02 Å². The highest BCUT2D eigenvalue weighted by molar-refractivity contribution is 6.35. The molecule has 0 amide bonds. The number of aliphatic carboxylic acids is 1. The third-order valence-electron chi connectivity index (χ3n) is 7.10. The number of aliphatic hydroxyl groups excluding tert-OH is 1. The van der Waals surface area contributed by atoms with Crippen molar-refractivity contribution >= 4 is 35.1 Å². The molecule has 3 unspecified atom stereocenters. The van der Waals surface area contributed by atoms with Crippen molar-refractivity contribution < 1.29 is 53.1 Å². The second-order valence-corrected chi connectivity index (χ2v) is 9.72. The summed E-state index contributed by atoms with van der Waals surface area (Å²) in [7, 11) is 3.92. The van der Waals surface area contributed by atoms with Gasteiger partial charge in [0.2, 0.25) is 11.4 Å². The second kappa shape index (κ2) is 11.1. The molecule has 0 bridgehead atoms. The van der Waals surface area contributed by atoms with Gasteiger partial charge in [0.25, 0.3) is 0 Å². The molecule has 3 atom stereocenters. The number of carboxylic acid groups (broad SMARTS) is 1. The number of halogens is 1. The number of benzene rings is 2. The van der Waals surface area contributed by atoms with Gasteiger partial charge >= 0.3 is 11.9 Å². The highest BCUT2D eigenvalue weighted by atomic mass is 35.5. The fourth-order valence-corrected chi connectivity index (χ4v) is 5.38. The number of esters is 1. The van der Waals surface area contributed by atoms with E-state index in [0.717, 1.165) is 0 Å². The maximum Gasteiger partial charge on any atom is 0.341 e. The number of carbonyl (C=O) groups is 4. The highest BCUT2D eigenvalue weighted by Crippen LogP contribution is 2.55. The molecule has 0 saturated carbocycles. The summed E-state index contributed by atoms with van der Waals surface area (Å²) in [4.78, 5) is 50.7. The van der Waals surface area contributed by atoms with Crippen LogP contribution in [0, 0.1) is 5.92 Å². The molecule has 212 valence electrons. The second-order valence-electron chi connectivity index (χ2n) is 9.34. The van der Waals surface area contributed by atoms with E-state index in [9.17, 15) is 24.3 Å². The summed E-state index contributed by atoms with van der Waals surface area (Å²) >= 11 is 6.49. The van der Waals surface area contributed by atoms with E-state index in [-0.39, 0.29) is 52.0 Å². The van der Waals surface area contributed by atoms with Gasteiger partial charge in [0.05, 0.1) is 27.8 Å². The lowest BCUT2D eigenvalue weighted by Crippen LogP contribution is -2.53. The fourth-order valence-electron chi connectivity index (χ4n) is 5.12. The van der Waals surface area contributed by atoms with E-state index in [1.807, 2.05) is 0 Å². The maximum atomic E-state index is 14.0. The molecule has 0 fully saturated rings. The Kier molecular flexibility index (Phi) is 7.97. The smallest absolute Gasteiger partial charge is 0.341 e. The van der Waals surface area contributed by atoms with E-state index in [1.165, 1.54) is 51.7 Å². The molecule has 0 radical (unpaired) electrons. The Morgan fingerprint density at radius 1 is 1.12 bits per heavy atom. The summed E-state index contributed by atoms with van der Waals surface area (Å²) in [5.74, 6) is -5.01. The van der Waals surface area contributed by atoms with Crippen LogP contribution in [0.1, 0.15) is 41.6 Å². The van der Waals surface area contributed by atoms with E-state index in [1.54, 1.807) is 6.92 Å². The number of hydrogen-bond acceptors (Lipinski definition) is 10. The summed E-state index contributed by atoms with van der Waals surface area (Å²) in [6.45, 7) is 1.03. The third kappa shape index (κ3) is 4.70. The van der Waals surface area contributed by atoms with Crippen LogP contribution < -0.4 is 18.9 Å². The number of aliphatic hydroxyl groups is 1. The molecule has 2 aromatic rings. The van der Waals surface area contributed by atoms with Crippen molar-refractivity contribution in [3.8, 4) is 23.0 Å². The zero-order valence-electron chi connectivity index (χ0n) is 22.1. The molecule has 1 aliphatic carbocycles. The number of allylic oxidation sites excluding steroid dienone is 1. The van der Waals surface area contributed by atoms with Crippen LogP contribution >= 0.6 is 11.6 Å². The van der Waals surface area contributed by atoms with Crippen LogP contribution in [0.15, 0.2) is 41.7 Å². The van der Waals surface area contributed by atoms with E-state index < -0.39 is 53.3 Å². The lowest BCUT2D eigenvalue weighted by Gasteiger charge is -2.38. The molecule has 4 rings (SSSR count). The quantitative estimate of drug-likeness (QED) is 0.419. The minimum absolute atomic E-state index is 0.00923. The molecule has 2 N–H and O–H groups in total. The van der Waals surface area contributed by atoms with Crippen LogP contribution in [0.3, 0.4) is 0 Å². The van der Waals surface area contributed by atoms with E-state index >= 15 is 0 Å². The predicted molar refractivity (Wildman–Crippen MR) is 140 cm³/mol. The molecule has 12 heteroatoms. The number of rotatable bonds is 9. The summed E-state index contributed by atoms with van der Waals surface area (Å²) in [5.41, 5.74) is -1.81. The SMILES string of the molecule is COC(=O)CC(C1=C(O)C2(Oc3c(Cl)c(OC)cc(OC)c3C2=O)C(C)CC1=O)c1ccc(OCC(=O)O)cc1. The molecular weight excluding hydrogens is 548 g/mol. The third-order valence-corrected chi connectivity index (χ3v) is 7.46. The van der Waals surface area contributed by atoms with Gasteiger partial charge in [-0.1, -0.05) is 30.7 Å². The van der Waals surface area contributed by atoms with E-state index in [4.69, 9.17) is 40.4 Å². The first kappa shape index (κ1) is 28.8. The Bertz CT molecular complexity index is 1410. The largest absolute Gasteiger partial charge is 0.507 e. The Morgan fingerprint density at radius 2 is 1.77 bits per heavy atom. The molecule has 2 aliphatic rings. The normalized spacial score (nSPS) is 20.6. The van der Waals surface area contributed by atoms with Gasteiger partial charge in [0, 0.05) is 29.9 Å². The summed E-state index contributed by atoms with van der Waals surface area (Å²) in [5, 5.41) is 20.6. The van der Waals surface area contributed by atoms with Gasteiger partial charge in [-0.25, -0.2) is 4.79 Å². The van der Waals surface area contributed by atoms with E-state index in [2.05, 4.69) is 0 Å². The molecule has 1 heterocycles. The Morgan fingerprint density at radius 3 is 2.35 bits per heavy atom. The van der Waals surface area contributed by atoms with Crippen molar-refractivity contribution in [3.05, 3.63) is 57.8 Å². The number of ketones is 2. The number of Topliss-reactive ketones (excluding diaryl/α,β-unsaturated/α-hetero) is 2. The van der Waals surface area contributed by atoms with E-state index in [0.29, 0.717) is 5.56 Å². The lowest BCUT2D eigenvalue weighted by molar-refractivity contribution is -0.141. The molecule has 40 heavy (non-hydrogen) atoms. The van der Waals surface area contributed by atoms with Crippen LogP contribution in [0.4, 0.5) is 0 Å². The molecule has 0 saturated heterocycles. The number of methoxy groups -OCH3 is 3. The average molecular weight is 575 g/mol. The number of carbonyl (C=O) groups excluding carboxylic acids is 3. The zero-order chi connectivity index (χ0) is 29.4. The first-order valence-corrected chi connectivity index (χ1v) is 12.5. The van der Waals surface area contributed by atoms with Crippen molar-refractivity contribution in [2.75, 3.05) is 27.9 Å². The molecule has 1 aliphatic heterocycles. The number of carboxylic acids is 1. The van der Waals surface area contributed by atoms with Gasteiger partial charge in [-0.2, -0.15) is 0 Å². The Labute approximate surface area is 234 Å². The van der Waals surface area contributed by atoms with Crippen LogP contribution in [-0.2, 0) is 19.1 Å². The van der Waals surface area contributed by atoms with Gasteiger partial charge < -0.3 is 33.9 Å². The molecule has 2 aromatic carbocycles. The molecule has 0 aromatic heterocycles. The van der Waals surface area contributed by atoms with Gasteiger partial charge in [-0.3, -0.25) is 14.4 Å². The number of hydrogen-bond donors (Lipinski definition) is 2. The Balaban J connectivity index is 1.87. The number of fused-ring (bicyclic) bond motifs is 1. The van der Waals surface area contributed by atoms with Crippen molar-refractivity contribution in [1.29, 1.82) is 0 Å². The summed E-state index contributed by atoms with van der Waals surface area (Å²) in [6, 6.07) is 7.42. The highest BCUT2D eigenvalue weighted by Gasteiger charge is 2.61. The van der Waals surface area contributed by atoms with Crippen molar-refractivity contribution in [2.24, 2.45) is 5.92 Å². The molecular formula is C28H27ClO11. The summed E-state index contributed by atoms with van der Waals surface area (Å²) < 4.78 is 26.8. The predicted octanol–water partition coefficient (Wildman–Crippen LogP) is 3.90. The Hall–Kier alpha value is -4.25. The first-order valence-electron chi connectivity index (χ1n) is 12.2. The lowest BCUT2D eigenvalue weighted by atomic mass is 9.69. The van der Waals surface area contributed by atoms with Gasteiger partial charge in [0.1, 0.15) is 27.8 Å². The van der Waals surface area contributed by atoms with Crippen molar-refractivity contribution in [3.63, 3.8) is 0 Å². The minimum atomic E-state index is -2.02. The van der Waals surface area contributed by atoms with Crippen molar-refractivity contribution in [2.45, 2.75) is 31.3 Å². The first-order chi connectivity index (χ1) is 19.0. The fraction of sp³-hybridized carbons (Fsp3) is 0.357. The van der Waals surface area contributed by atoms with Gasteiger partial charge in [-0.05, 0) is 17.7 Å². The van der Waals surface area contributed by atoms with Crippen LogP contribution in [0.25, 0.3) is 0 Å². The minimum Gasteiger partial charge on any atom is -0.507 e. The maximum absolute atomic E-state index is 14.0. The molecule has 1 spiro atoms. The standard InChI is InChI=1S/C28H27ClO11/c1-13-9-17(30)22(16(10-21(33)38-4)14-5-7-15(8-6-14)39-12-20(31)32)26(34)28(13)27(35)23-18(36-2)11-19(37-3)24(29)25(23)40-28/h5-8,11,13,16,34H,9-10,12H2,1-4H3,(H,31,32). The average Bonchev–Trinajstić information content (AvgIpc) is 3.25. The van der Waals surface area contributed by atoms with Gasteiger partial charge in [-0.15, -0.1) is 0 Å². The van der Waals surface area contributed by atoms with Crippen LogP contribution in [0.5, 0.6) is 23.0 Å². The molecule has 11 nitrogen and oxygen atoms in total. The number of ether oxygens (including phenoxy) is 5. The topological polar surface area (TPSA) is 155 Å².